The van der Waals surface area contributed by atoms with Gasteiger partial charge in [0.05, 0.1) is 10.6 Å². The van der Waals surface area contributed by atoms with Crippen LogP contribution >= 0.6 is 27.3 Å². The monoisotopic (exact) mass is 246 g/mol. The molecule has 0 radical (unpaired) electrons. The molecule has 0 fully saturated rings. The van der Waals surface area contributed by atoms with E-state index in [0.717, 1.165) is 10.8 Å². The predicted octanol–water partition coefficient (Wildman–Crippen LogP) is 2.88. The van der Waals surface area contributed by atoms with Crippen LogP contribution in [0.3, 0.4) is 0 Å². The Morgan fingerprint density at radius 3 is 2.58 bits per heavy atom. The molecule has 0 saturated carbocycles. The summed E-state index contributed by atoms with van der Waals surface area (Å²) in [5.74, 6) is 0. The number of hydrogen-bond donors (Lipinski definition) is 0. The van der Waals surface area contributed by atoms with Crippen molar-refractivity contribution < 1.29 is 0 Å². The highest BCUT2D eigenvalue weighted by molar-refractivity contribution is 9.11. The van der Waals surface area contributed by atoms with Gasteiger partial charge in [-0.3, -0.25) is 0 Å². The van der Waals surface area contributed by atoms with Gasteiger partial charge >= 0.3 is 0 Å². The molecule has 0 amide bonds. The van der Waals surface area contributed by atoms with Crippen molar-refractivity contribution in [3.05, 3.63) is 15.6 Å². The first-order valence-electron chi connectivity index (χ1n) is 3.56. The Kier molecular flexibility index (Phi) is 3.29. The van der Waals surface area contributed by atoms with Crippen molar-refractivity contribution >= 4 is 38.5 Å². The molecule has 0 unspecified atom stereocenters. The number of rotatable bonds is 2. The van der Waals surface area contributed by atoms with Crippen molar-refractivity contribution in [3.8, 4) is 0 Å². The molecule has 0 N–H and O–H groups in total. The molecule has 1 aromatic heterocycles. The summed E-state index contributed by atoms with van der Waals surface area (Å²) < 4.78 is 0. The van der Waals surface area contributed by atoms with Crippen molar-refractivity contribution in [2.45, 2.75) is 6.92 Å². The highest BCUT2D eigenvalue weighted by Crippen LogP contribution is 2.25. The number of aryl methyl sites for hydroxylation is 1. The highest BCUT2D eigenvalue weighted by atomic mass is 79.9. The minimum absolute atomic E-state index is 1.05. The van der Waals surface area contributed by atoms with Crippen molar-refractivity contribution in [1.29, 1.82) is 0 Å². The van der Waals surface area contributed by atoms with Crippen molar-refractivity contribution in [3.63, 3.8) is 0 Å². The molecule has 0 bridgehead atoms. The lowest BCUT2D eigenvalue weighted by molar-refractivity contribution is 1.09. The van der Waals surface area contributed by atoms with Crippen LogP contribution in [0.15, 0.2) is 4.99 Å². The number of anilines is 1. The zero-order valence-corrected chi connectivity index (χ0v) is 9.74. The maximum Gasteiger partial charge on any atom is 0.185 e. The molecule has 2 nitrogen and oxygen atoms in total. The molecule has 0 atom stereocenters. The SMILES string of the molecule is Cc1nc(N(C)C)sc1/C=C/Br. The van der Waals surface area contributed by atoms with Crippen LogP contribution in [0.1, 0.15) is 10.6 Å². The molecule has 0 aromatic carbocycles. The van der Waals surface area contributed by atoms with Crippen LogP contribution in [0.4, 0.5) is 5.13 Å². The standard InChI is InChI=1S/C8H11BrN2S/c1-6-7(4-5-9)12-8(10-6)11(2)3/h4-5H,1-3H3/b5-4+. The van der Waals surface area contributed by atoms with Gasteiger partial charge in [0.15, 0.2) is 5.13 Å². The Morgan fingerprint density at radius 2 is 2.17 bits per heavy atom. The first-order chi connectivity index (χ1) is 5.65. The Balaban J connectivity index is 3.00. The largest absolute Gasteiger partial charge is 0.354 e. The van der Waals surface area contributed by atoms with E-state index in [1.165, 1.54) is 4.88 Å². The van der Waals surface area contributed by atoms with Crippen molar-refractivity contribution in [2.75, 3.05) is 19.0 Å². The third-order valence-corrected chi connectivity index (χ3v) is 2.97. The maximum absolute atomic E-state index is 4.40. The lowest BCUT2D eigenvalue weighted by atomic mass is 10.4. The van der Waals surface area contributed by atoms with Gasteiger partial charge in [-0.1, -0.05) is 27.3 Å². The molecule has 4 heteroatoms. The normalized spacial score (nSPS) is 11.0. The Bertz CT molecular complexity index is 291. The second-order valence-electron chi connectivity index (χ2n) is 2.63. The molecule has 1 heterocycles. The lowest BCUT2D eigenvalue weighted by Gasteiger charge is -2.04. The summed E-state index contributed by atoms with van der Waals surface area (Å²) in [6.07, 6.45) is 2.01. The van der Waals surface area contributed by atoms with Gasteiger partial charge in [0.1, 0.15) is 0 Å². The molecule has 0 saturated heterocycles. The first-order valence-corrected chi connectivity index (χ1v) is 5.30. The van der Waals surface area contributed by atoms with Crippen LogP contribution in [0.5, 0.6) is 0 Å². The third-order valence-electron chi connectivity index (χ3n) is 1.42. The van der Waals surface area contributed by atoms with Crippen LogP contribution in [-0.2, 0) is 0 Å². The van der Waals surface area contributed by atoms with E-state index in [1.807, 2.05) is 37.0 Å². The molecule has 0 aliphatic heterocycles. The zero-order valence-electron chi connectivity index (χ0n) is 7.34. The summed E-state index contributed by atoms with van der Waals surface area (Å²) in [4.78, 5) is 9.48. The molecule has 1 aromatic rings. The maximum atomic E-state index is 4.40. The number of aromatic nitrogens is 1. The van der Waals surface area contributed by atoms with Gasteiger partial charge in [-0.05, 0) is 18.0 Å². The third kappa shape index (κ3) is 2.08. The van der Waals surface area contributed by atoms with Crippen LogP contribution < -0.4 is 4.90 Å². The summed E-state index contributed by atoms with van der Waals surface area (Å²) in [6, 6.07) is 0. The molecule has 0 spiro atoms. The smallest absolute Gasteiger partial charge is 0.185 e. The van der Waals surface area contributed by atoms with Gasteiger partial charge in [-0.25, -0.2) is 4.98 Å². The highest BCUT2D eigenvalue weighted by Gasteiger charge is 2.05. The van der Waals surface area contributed by atoms with E-state index in [9.17, 15) is 0 Å². The number of halogens is 1. The molecule has 66 valence electrons. The van der Waals surface area contributed by atoms with E-state index in [1.54, 1.807) is 11.3 Å². The van der Waals surface area contributed by atoms with E-state index in [2.05, 4.69) is 20.9 Å². The number of nitrogens with zero attached hydrogens (tertiary/aromatic N) is 2. The summed E-state index contributed by atoms with van der Waals surface area (Å²) in [5.41, 5.74) is 1.08. The quantitative estimate of drug-likeness (QED) is 0.798. The average molecular weight is 247 g/mol. The molecule has 1 rings (SSSR count). The van der Waals surface area contributed by atoms with E-state index in [0.29, 0.717) is 0 Å². The second-order valence-corrected chi connectivity index (χ2v) is 4.17. The predicted molar refractivity (Wildman–Crippen MR) is 59.1 cm³/mol. The van der Waals surface area contributed by atoms with Crippen molar-refractivity contribution in [2.24, 2.45) is 0 Å². The molecule has 12 heavy (non-hydrogen) atoms. The first kappa shape index (κ1) is 9.74. The summed E-state index contributed by atoms with van der Waals surface area (Å²) in [6.45, 7) is 2.02. The molecular formula is C8H11BrN2S. The summed E-state index contributed by atoms with van der Waals surface area (Å²) in [7, 11) is 4.00. The van der Waals surface area contributed by atoms with Crippen LogP contribution in [-0.4, -0.2) is 19.1 Å². The molecular weight excluding hydrogens is 236 g/mol. The topological polar surface area (TPSA) is 16.1 Å². The van der Waals surface area contributed by atoms with E-state index < -0.39 is 0 Å². The Hall–Kier alpha value is -0.350. The minimum Gasteiger partial charge on any atom is -0.354 e. The fourth-order valence-electron chi connectivity index (χ4n) is 0.797. The van der Waals surface area contributed by atoms with E-state index >= 15 is 0 Å². The van der Waals surface area contributed by atoms with Crippen LogP contribution in [0.25, 0.3) is 6.08 Å². The van der Waals surface area contributed by atoms with Crippen LogP contribution in [0, 0.1) is 6.92 Å². The minimum atomic E-state index is 1.05. The lowest BCUT2D eigenvalue weighted by Crippen LogP contribution is -2.07. The fourth-order valence-corrected chi connectivity index (χ4v) is 2.13. The molecule has 0 aliphatic carbocycles. The molecule has 0 aliphatic rings. The second kappa shape index (κ2) is 4.05. The average Bonchev–Trinajstić information content (AvgIpc) is 2.34. The summed E-state index contributed by atoms with van der Waals surface area (Å²) in [5, 5.41) is 1.05. The van der Waals surface area contributed by atoms with E-state index in [-0.39, 0.29) is 0 Å². The van der Waals surface area contributed by atoms with Crippen molar-refractivity contribution in [1.82, 2.24) is 4.98 Å². The van der Waals surface area contributed by atoms with Gasteiger partial charge in [-0.15, -0.1) is 0 Å². The fraction of sp³-hybridized carbons (Fsp3) is 0.375. The Morgan fingerprint density at radius 1 is 1.50 bits per heavy atom. The van der Waals surface area contributed by atoms with Crippen LogP contribution in [0.2, 0.25) is 0 Å². The zero-order chi connectivity index (χ0) is 9.14. The summed E-state index contributed by atoms with van der Waals surface area (Å²) >= 11 is 4.94. The van der Waals surface area contributed by atoms with E-state index in [4.69, 9.17) is 0 Å². The van der Waals surface area contributed by atoms with Gasteiger partial charge in [0.25, 0.3) is 0 Å². The number of hydrogen-bond acceptors (Lipinski definition) is 3. The Labute approximate surface area is 85.1 Å². The van der Waals surface area contributed by atoms with Gasteiger partial charge in [-0.2, -0.15) is 0 Å². The van der Waals surface area contributed by atoms with Gasteiger partial charge < -0.3 is 4.90 Å². The van der Waals surface area contributed by atoms with Gasteiger partial charge in [0.2, 0.25) is 0 Å². The van der Waals surface area contributed by atoms with Gasteiger partial charge in [0, 0.05) is 14.1 Å². The number of thiazole rings is 1.